The molecule has 31 heavy (non-hydrogen) atoms. The number of nitrogens with zero attached hydrogens (tertiary/aromatic N) is 2. The molecule has 0 saturated heterocycles. The summed E-state index contributed by atoms with van der Waals surface area (Å²) >= 11 is 0. The summed E-state index contributed by atoms with van der Waals surface area (Å²) in [6, 6.07) is 19.2. The van der Waals surface area contributed by atoms with Gasteiger partial charge in [-0.3, -0.25) is 9.78 Å². The van der Waals surface area contributed by atoms with Gasteiger partial charge in [0.05, 0.1) is 19.2 Å². The fraction of sp³-hybridized carbons (Fsp3) is 0.120. The van der Waals surface area contributed by atoms with Crippen molar-refractivity contribution in [3.8, 4) is 22.6 Å². The van der Waals surface area contributed by atoms with E-state index in [0.29, 0.717) is 13.2 Å². The number of fused-ring (bicyclic) bond motifs is 2. The summed E-state index contributed by atoms with van der Waals surface area (Å²) in [6.07, 6.45) is 5.52. The summed E-state index contributed by atoms with van der Waals surface area (Å²) in [5.41, 5.74) is 3.89. The molecule has 0 fully saturated rings. The molecule has 0 aliphatic heterocycles. The number of pyridine rings is 2. The van der Waals surface area contributed by atoms with Crippen LogP contribution in [0.2, 0.25) is 0 Å². The first kappa shape index (κ1) is 18.9. The molecule has 0 aliphatic carbocycles. The van der Waals surface area contributed by atoms with Gasteiger partial charge in [0.1, 0.15) is 18.1 Å². The van der Waals surface area contributed by atoms with Gasteiger partial charge >= 0.3 is 0 Å². The number of hydrogen-bond donors (Lipinski definition) is 1. The Kier molecular flexibility index (Phi) is 4.88. The van der Waals surface area contributed by atoms with E-state index in [4.69, 9.17) is 9.47 Å². The molecule has 0 radical (unpaired) electrons. The van der Waals surface area contributed by atoms with Crippen LogP contribution in [0.15, 0.2) is 84.0 Å². The third-order valence-electron chi connectivity index (χ3n) is 5.37. The molecule has 2 aromatic carbocycles. The van der Waals surface area contributed by atoms with Gasteiger partial charge in [-0.05, 0) is 59.0 Å². The van der Waals surface area contributed by atoms with Crippen LogP contribution < -0.4 is 15.0 Å². The normalized spacial score (nSPS) is 11.1. The first-order valence-corrected chi connectivity index (χ1v) is 10.0. The van der Waals surface area contributed by atoms with Crippen molar-refractivity contribution < 1.29 is 9.47 Å². The van der Waals surface area contributed by atoms with Gasteiger partial charge in [0.25, 0.3) is 5.56 Å². The molecule has 154 valence electrons. The Morgan fingerprint density at radius 3 is 2.81 bits per heavy atom. The van der Waals surface area contributed by atoms with Gasteiger partial charge in [-0.15, -0.1) is 0 Å². The Balaban J connectivity index is 1.35. The second-order valence-electron chi connectivity index (χ2n) is 7.27. The highest BCUT2D eigenvalue weighted by Gasteiger charge is 2.07. The highest BCUT2D eigenvalue weighted by Crippen LogP contribution is 2.27. The molecule has 0 saturated carbocycles. The average Bonchev–Trinajstić information content (AvgIpc) is 3.28. The highest BCUT2D eigenvalue weighted by atomic mass is 16.5. The quantitative estimate of drug-likeness (QED) is 0.442. The Morgan fingerprint density at radius 1 is 1.00 bits per heavy atom. The van der Waals surface area contributed by atoms with Crippen LogP contribution in [0.5, 0.6) is 11.5 Å². The van der Waals surface area contributed by atoms with Crippen molar-refractivity contribution in [2.75, 3.05) is 13.7 Å². The maximum Gasteiger partial charge on any atom is 0.250 e. The summed E-state index contributed by atoms with van der Waals surface area (Å²) in [7, 11) is 1.63. The Labute approximate surface area is 178 Å². The zero-order valence-electron chi connectivity index (χ0n) is 17.0. The van der Waals surface area contributed by atoms with Crippen molar-refractivity contribution >= 4 is 21.8 Å². The van der Waals surface area contributed by atoms with Gasteiger partial charge in [-0.1, -0.05) is 6.07 Å². The van der Waals surface area contributed by atoms with Crippen LogP contribution in [0.3, 0.4) is 0 Å². The third kappa shape index (κ3) is 3.75. The number of nitrogens with one attached hydrogen (secondary N) is 1. The molecule has 0 spiro atoms. The topological polar surface area (TPSA) is 69.1 Å². The van der Waals surface area contributed by atoms with Crippen LogP contribution in [0.1, 0.15) is 0 Å². The van der Waals surface area contributed by atoms with E-state index in [1.807, 2.05) is 54.9 Å². The number of benzene rings is 2. The fourth-order valence-electron chi connectivity index (χ4n) is 3.72. The van der Waals surface area contributed by atoms with E-state index in [-0.39, 0.29) is 5.56 Å². The van der Waals surface area contributed by atoms with Gasteiger partial charge in [-0.2, -0.15) is 0 Å². The number of hydrogen-bond acceptors (Lipinski definition) is 4. The summed E-state index contributed by atoms with van der Waals surface area (Å²) in [5.74, 6) is 1.48. The van der Waals surface area contributed by atoms with Crippen LogP contribution in [-0.2, 0) is 6.54 Å². The molecule has 1 N–H and O–H groups in total. The molecule has 0 bridgehead atoms. The number of methoxy groups -OCH3 is 1. The van der Waals surface area contributed by atoms with E-state index in [1.54, 1.807) is 23.9 Å². The summed E-state index contributed by atoms with van der Waals surface area (Å²) in [4.78, 5) is 20.0. The van der Waals surface area contributed by atoms with Crippen molar-refractivity contribution in [1.29, 1.82) is 0 Å². The number of rotatable bonds is 6. The minimum atomic E-state index is -0.0561. The number of H-pyrrole nitrogens is 1. The van der Waals surface area contributed by atoms with Crippen LogP contribution >= 0.6 is 0 Å². The van der Waals surface area contributed by atoms with Gasteiger partial charge in [0.2, 0.25) is 0 Å². The number of aromatic amines is 1. The molecule has 5 aromatic rings. The van der Waals surface area contributed by atoms with Crippen molar-refractivity contribution in [3.63, 3.8) is 0 Å². The molecule has 5 rings (SSSR count). The lowest BCUT2D eigenvalue weighted by Gasteiger charge is -2.12. The lowest BCUT2D eigenvalue weighted by atomic mass is 10.1. The average molecular weight is 411 g/mol. The highest BCUT2D eigenvalue weighted by molar-refractivity contribution is 5.86. The molecule has 3 aromatic heterocycles. The maximum atomic E-state index is 12.4. The Morgan fingerprint density at radius 2 is 1.90 bits per heavy atom. The lowest BCUT2D eigenvalue weighted by Crippen LogP contribution is -2.21. The first-order valence-electron chi connectivity index (χ1n) is 10.0. The fourth-order valence-corrected chi connectivity index (χ4v) is 3.72. The third-order valence-corrected chi connectivity index (χ3v) is 5.37. The smallest absolute Gasteiger partial charge is 0.250 e. The minimum absolute atomic E-state index is 0.0561. The van der Waals surface area contributed by atoms with Crippen molar-refractivity contribution in [3.05, 3.63) is 89.6 Å². The van der Waals surface area contributed by atoms with Crippen LogP contribution in [0.4, 0.5) is 0 Å². The number of ether oxygens (including phenoxy) is 2. The Bertz CT molecular complexity index is 1440. The first-order chi connectivity index (χ1) is 15.2. The Hall–Kier alpha value is -4.06. The van der Waals surface area contributed by atoms with Crippen LogP contribution in [0, 0.1) is 0 Å². The van der Waals surface area contributed by atoms with E-state index in [0.717, 1.165) is 44.4 Å². The van der Waals surface area contributed by atoms with Crippen LogP contribution in [0.25, 0.3) is 32.9 Å². The molecule has 6 heteroatoms. The van der Waals surface area contributed by atoms with E-state index in [2.05, 4.69) is 22.1 Å². The minimum Gasteiger partial charge on any atom is -0.497 e. The predicted octanol–water partition coefficient (Wildman–Crippen LogP) is 4.63. The molecular weight excluding hydrogens is 390 g/mol. The maximum absolute atomic E-state index is 12.4. The van der Waals surface area contributed by atoms with Gasteiger partial charge in [-0.25, -0.2) is 0 Å². The number of aromatic nitrogens is 3. The summed E-state index contributed by atoms with van der Waals surface area (Å²) in [5, 5.41) is 2.05. The van der Waals surface area contributed by atoms with Gasteiger partial charge in [0, 0.05) is 41.6 Å². The largest absolute Gasteiger partial charge is 0.497 e. The van der Waals surface area contributed by atoms with Crippen molar-refractivity contribution in [1.82, 2.24) is 14.5 Å². The van der Waals surface area contributed by atoms with E-state index in [9.17, 15) is 4.79 Å². The predicted molar refractivity (Wildman–Crippen MR) is 122 cm³/mol. The summed E-state index contributed by atoms with van der Waals surface area (Å²) in [6.45, 7) is 0.810. The second kappa shape index (κ2) is 7.99. The molecular formula is C25H21N3O3. The monoisotopic (exact) mass is 411 g/mol. The zero-order chi connectivity index (χ0) is 21.2. The molecule has 0 atom stereocenters. The van der Waals surface area contributed by atoms with Gasteiger partial charge in [0.15, 0.2) is 0 Å². The van der Waals surface area contributed by atoms with E-state index in [1.165, 1.54) is 0 Å². The molecule has 0 aliphatic rings. The molecule has 3 heterocycles. The standard InChI is InChI=1S/C25H21N3O3/c1-30-20-4-5-21-23(15-20)27-11-9-24(21)31-13-12-28-16-19(3-7-25(28)29)17-2-6-22-18(14-17)8-10-26-22/h2-11,14-16,26H,12-13H2,1H3. The van der Waals surface area contributed by atoms with Crippen molar-refractivity contribution in [2.45, 2.75) is 6.54 Å². The molecule has 0 unspecified atom stereocenters. The molecule has 6 nitrogen and oxygen atoms in total. The zero-order valence-corrected chi connectivity index (χ0v) is 17.0. The van der Waals surface area contributed by atoms with Crippen molar-refractivity contribution in [2.24, 2.45) is 0 Å². The van der Waals surface area contributed by atoms with E-state index >= 15 is 0 Å². The van der Waals surface area contributed by atoms with E-state index < -0.39 is 0 Å². The lowest BCUT2D eigenvalue weighted by molar-refractivity contribution is 0.299. The van der Waals surface area contributed by atoms with Crippen LogP contribution in [-0.4, -0.2) is 28.3 Å². The second-order valence-corrected chi connectivity index (χ2v) is 7.27. The SMILES string of the molecule is COc1ccc2c(OCCn3cc(-c4ccc5[nH]ccc5c4)ccc3=O)ccnc2c1. The molecule has 0 amide bonds. The summed E-state index contributed by atoms with van der Waals surface area (Å²) < 4.78 is 12.9. The van der Waals surface area contributed by atoms with Gasteiger partial charge < -0.3 is 19.0 Å².